The van der Waals surface area contributed by atoms with E-state index in [1.54, 1.807) is 0 Å². The van der Waals surface area contributed by atoms with Crippen LogP contribution in [0.1, 0.15) is 107 Å². The van der Waals surface area contributed by atoms with Crippen LogP contribution in [0.4, 0.5) is 11.4 Å². The van der Waals surface area contributed by atoms with E-state index in [1.807, 2.05) is 42.5 Å². The van der Waals surface area contributed by atoms with Gasteiger partial charge in [-0.1, -0.05) is 128 Å². The minimum atomic E-state index is 0. The first kappa shape index (κ1) is 34.1. The third-order valence-electron chi connectivity index (χ3n) is 8.42. The molecule has 0 aliphatic carbocycles. The Balaban J connectivity index is 0.000000240. The Kier molecular flexibility index (Phi) is 11.0. The van der Waals surface area contributed by atoms with Crippen molar-refractivity contribution in [3.63, 3.8) is 0 Å². The monoisotopic (exact) mass is 777 g/mol. The Morgan fingerprint density at radius 2 is 1.00 bits per heavy atom. The number of anilines is 2. The fraction of sp³-hybridized carbons (Fsp3) is 0.300. The number of para-hydroxylation sites is 3. The Morgan fingerprint density at radius 3 is 1.44 bits per heavy atom. The fourth-order valence-corrected chi connectivity index (χ4v) is 6.16. The van der Waals surface area contributed by atoms with Gasteiger partial charge in [0.25, 0.3) is 0 Å². The molecule has 2 heterocycles. The maximum atomic E-state index is 9.04. The Hall–Kier alpha value is -3.75. The summed E-state index contributed by atoms with van der Waals surface area (Å²) in [6, 6.07) is 29.3. The van der Waals surface area contributed by atoms with Crippen molar-refractivity contribution in [2.45, 2.75) is 79.1 Å². The van der Waals surface area contributed by atoms with E-state index < -0.39 is 0 Å². The van der Waals surface area contributed by atoms with E-state index in [0.29, 0.717) is 29.2 Å². The molecule has 4 nitrogen and oxygen atoms in total. The average Bonchev–Trinajstić information content (AvgIpc) is 3.65. The van der Waals surface area contributed by atoms with Crippen molar-refractivity contribution in [3.8, 4) is 6.07 Å². The van der Waals surface area contributed by atoms with Crippen molar-refractivity contribution < 1.29 is 22.4 Å². The zero-order valence-corrected chi connectivity index (χ0v) is 29.8. The van der Waals surface area contributed by atoms with Gasteiger partial charge in [-0.2, -0.15) is 5.26 Å². The number of hydrogen-bond acceptors (Lipinski definition) is 3. The molecule has 0 saturated heterocycles. The fourth-order valence-electron chi connectivity index (χ4n) is 6.16. The number of nitriles is 1. The molecule has 0 saturated carbocycles. The van der Waals surface area contributed by atoms with Crippen LogP contribution in [0, 0.1) is 18.0 Å². The zero-order chi connectivity index (χ0) is 31.5. The van der Waals surface area contributed by atoms with Crippen molar-refractivity contribution in [1.82, 2.24) is 4.98 Å². The maximum Gasteiger partial charge on any atom is 0.0997 e. The molecule has 0 spiro atoms. The molecule has 0 bridgehead atoms. The van der Waals surface area contributed by atoms with Gasteiger partial charge >= 0.3 is 0 Å². The zero-order valence-electron chi connectivity index (χ0n) is 27.6. The second kappa shape index (κ2) is 14.6. The van der Waals surface area contributed by atoms with E-state index in [-0.39, 0.29) is 22.4 Å². The maximum absolute atomic E-state index is 9.04. The summed E-state index contributed by atoms with van der Waals surface area (Å²) in [6.45, 7) is 20.5. The smallest absolute Gasteiger partial charge is 0.0997 e. The Labute approximate surface area is 285 Å². The summed E-state index contributed by atoms with van der Waals surface area (Å²) in [5.74, 6) is 1.92. The SMILES string of the molecule is CC(C)c1cccc(C(C)C)c1N1C=CN(c2c(C(C)C)cccc2C(C)C)[CH-]1.N#Cc1cccc2[n-]c3ccccc3c12.[Au]. The van der Waals surface area contributed by atoms with E-state index >= 15 is 0 Å². The van der Waals surface area contributed by atoms with Crippen LogP contribution in [0.25, 0.3) is 21.8 Å². The molecule has 6 rings (SSSR count). The molecular formula is C40H44AuN4-2. The largest absolute Gasteiger partial charge is 0.657 e. The summed E-state index contributed by atoms with van der Waals surface area (Å²) in [4.78, 5) is 9.12. The molecule has 0 atom stereocenters. The molecule has 0 amide bonds. The number of rotatable bonds is 6. The number of nitrogens with zero attached hydrogens (tertiary/aromatic N) is 4. The molecule has 1 aliphatic heterocycles. The predicted molar refractivity (Wildman–Crippen MR) is 187 cm³/mol. The van der Waals surface area contributed by atoms with Gasteiger partial charge in [0.15, 0.2) is 0 Å². The summed E-state index contributed by atoms with van der Waals surface area (Å²) in [6.07, 6.45) is 4.43. The van der Waals surface area contributed by atoms with Gasteiger partial charge in [0.2, 0.25) is 0 Å². The summed E-state index contributed by atoms with van der Waals surface area (Å²) in [5, 5.41) is 11.1. The Bertz CT molecular complexity index is 1710. The van der Waals surface area contributed by atoms with Gasteiger partial charge in [0, 0.05) is 33.8 Å². The third-order valence-corrected chi connectivity index (χ3v) is 8.42. The van der Waals surface area contributed by atoms with Crippen LogP contribution in [0.5, 0.6) is 0 Å². The van der Waals surface area contributed by atoms with Crippen LogP contribution < -0.4 is 14.8 Å². The molecule has 1 radical (unpaired) electrons. The second-order valence-corrected chi connectivity index (χ2v) is 12.9. The molecule has 237 valence electrons. The van der Waals surface area contributed by atoms with Crippen LogP contribution in [0.2, 0.25) is 0 Å². The first-order valence-electron chi connectivity index (χ1n) is 15.8. The molecule has 45 heavy (non-hydrogen) atoms. The molecule has 0 N–H and O–H groups in total. The molecule has 1 aliphatic rings. The van der Waals surface area contributed by atoms with Gasteiger partial charge in [-0.15, -0.1) is 17.7 Å². The van der Waals surface area contributed by atoms with Crippen molar-refractivity contribution in [1.29, 1.82) is 5.26 Å². The number of aromatic nitrogens is 1. The summed E-state index contributed by atoms with van der Waals surface area (Å²) >= 11 is 0. The summed E-state index contributed by atoms with van der Waals surface area (Å²) < 4.78 is 0. The van der Waals surface area contributed by atoms with Gasteiger partial charge in [0.05, 0.1) is 11.6 Å². The standard InChI is InChI=1S/C27H37N2.C13H7N2.Au/c1-18(2)22-11-9-12-23(19(3)4)26(22)28-15-16-29(17-28)27-24(20(5)6)13-10-14-25(27)21(7)8;14-8-9-4-3-7-12-13(9)10-5-1-2-6-11(10)15-12;/h9-21H,1-8H3;1-7H;/q2*-1;. The van der Waals surface area contributed by atoms with E-state index in [4.69, 9.17) is 5.26 Å². The van der Waals surface area contributed by atoms with Gasteiger partial charge < -0.3 is 14.8 Å². The molecule has 5 aromatic rings. The number of fused-ring (bicyclic) bond motifs is 3. The minimum Gasteiger partial charge on any atom is -0.657 e. The molecule has 1 aromatic heterocycles. The van der Waals surface area contributed by atoms with Crippen LogP contribution in [0.15, 0.2) is 91.3 Å². The van der Waals surface area contributed by atoms with Crippen molar-refractivity contribution in [2.75, 3.05) is 9.80 Å². The summed E-state index contributed by atoms with van der Waals surface area (Å²) in [5.41, 5.74) is 10.8. The van der Waals surface area contributed by atoms with Crippen LogP contribution in [-0.2, 0) is 22.4 Å². The second-order valence-electron chi connectivity index (χ2n) is 12.9. The normalized spacial score (nSPS) is 12.8. The predicted octanol–water partition coefficient (Wildman–Crippen LogP) is 10.9. The van der Waals surface area contributed by atoms with E-state index in [1.165, 1.54) is 33.6 Å². The molecule has 0 fully saturated rings. The summed E-state index contributed by atoms with van der Waals surface area (Å²) in [7, 11) is 0. The van der Waals surface area contributed by atoms with Gasteiger partial charge in [0.1, 0.15) is 0 Å². The van der Waals surface area contributed by atoms with Gasteiger partial charge in [-0.25, -0.2) is 0 Å². The number of benzene rings is 4. The topological polar surface area (TPSA) is 44.4 Å². The van der Waals surface area contributed by atoms with Crippen LogP contribution in [-0.4, -0.2) is 0 Å². The van der Waals surface area contributed by atoms with Crippen molar-refractivity contribution in [2.24, 2.45) is 0 Å². The van der Waals surface area contributed by atoms with Gasteiger partial charge in [-0.3, -0.25) is 0 Å². The van der Waals surface area contributed by atoms with Crippen molar-refractivity contribution in [3.05, 3.63) is 126 Å². The minimum absolute atomic E-state index is 0. The first-order chi connectivity index (χ1) is 21.1. The molecular weight excluding hydrogens is 733 g/mol. The average molecular weight is 778 g/mol. The van der Waals surface area contributed by atoms with E-state index in [2.05, 4.69) is 132 Å². The quantitative estimate of drug-likeness (QED) is 0.127. The first-order valence-corrected chi connectivity index (χ1v) is 15.8. The van der Waals surface area contributed by atoms with Crippen molar-refractivity contribution >= 4 is 33.2 Å². The molecule has 4 aromatic carbocycles. The Morgan fingerprint density at radius 1 is 0.578 bits per heavy atom. The van der Waals surface area contributed by atoms with Gasteiger partial charge in [-0.05, 0) is 75.2 Å². The van der Waals surface area contributed by atoms with Crippen LogP contribution >= 0.6 is 0 Å². The molecule has 0 unspecified atom stereocenters. The number of hydrogen-bond donors (Lipinski definition) is 0. The van der Waals surface area contributed by atoms with Crippen LogP contribution in [0.3, 0.4) is 0 Å². The van der Waals surface area contributed by atoms with E-state index in [0.717, 1.165) is 21.8 Å². The third kappa shape index (κ3) is 6.92. The molecule has 5 heteroatoms. The van der Waals surface area contributed by atoms with E-state index in [9.17, 15) is 0 Å².